The lowest BCUT2D eigenvalue weighted by Crippen LogP contribution is -2.34. The number of ether oxygens (including phenoxy) is 4. The fraction of sp³-hybridized carbons (Fsp3) is 0.458. The van der Waals surface area contributed by atoms with E-state index >= 15 is 0 Å². The number of carbonyl (C=O) groups is 1. The number of Topliss-reactive ketones (excluding diaryl/α,β-unsaturated/α-hetero) is 1. The Balaban J connectivity index is 2.00. The van der Waals surface area contributed by atoms with E-state index in [1.54, 1.807) is 46.6 Å². The number of likely N-dealkylation sites (N-methyl/N-ethyl adjacent to an activating group) is 1. The number of hydrogen-bond donors (Lipinski definition) is 1. The highest BCUT2D eigenvalue weighted by Gasteiger charge is 2.21. The van der Waals surface area contributed by atoms with Crippen LogP contribution in [0.5, 0.6) is 23.0 Å². The van der Waals surface area contributed by atoms with Gasteiger partial charge in [-0.15, -0.1) is 0 Å². The molecule has 0 radical (unpaired) electrons. The molecule has 0 aliphatic heterocycles. The van der Waals surface area contributed by atoms with E-state index in [0.717, 1.165) is 30.8 Å². The zero-order valence-electron chi connectivity index (χ0n) is 18.8. The van der Waals surface area contributed by atoms with Crippen molar-refractivity contribution in [1.29, 1.82) is 0 Å². The first-order chi connectivity index (χ1) is 14.5. The molecule has 0 aliphatic carbocycles. The Bertz CT molecular complexity index is 836. The molecule has 0 saturated heterocycles. The molecule has 0 saturated carbocycles. The second-order valence-electron chi connectivity index (χ2n) is 7.35. The van der Waals surface area contributed by atoms with Gasteiger partial charge in [-0.1, -0.05) is 13.0 Å². The van der Waals surface area contributed by atoms with E-state index in [4.69, 9.17) is 18.9 Å². The zero-order chi connectivity index (χ0) is 22.1. The van der Waals surface area contributed by atoms with Crippen LogP contribution >= 0.6 is 0 Å². The molecule has 6 heteroatoms. The molecule has 0 heterocycles. The van der Waals surface area contributed by atoms with Crippen LogP contribution in [-0.2, 0) is 6.42 Å². The molecule has 0 fully saturated rings. The van der Waals surface area contributed by atoms with Crippen molar-refractivity contribution in [2.45, 2.75) is 32.2 Å². The average molecular weight is 416 g/mol. The van der Waals surface area contributed by atoms with Gasteiger partial charge in [0.2, 0.25) is 0 Å². The van der Waals surface area contributed by atoms with Crippen molar-refractivity contribution in [3.8, 4) is 23.0 Å². The van der Waals surface area contributed by atoms with Gasteiger partial charge >= 0.3 is 0 Å². The lowest BCUT2D eigenvalue weighted by atomic mass is 9.92. The fourth-order valence-corrected chi connectivity index (χ4v) is 3.56. The smallest absolute Gasteiger partial charge is 0.179 e. The van der Waals surface area contributed by atoms with Gasteiger partial charge in [-0.2, -0.15) is 0 Å². The first kappa shape index (κ1) is 23.5. The van der Waals surface area contributed by atoms with E-state index in [1.165, 1.54) is 5.56 Å². The van der Waals surface area contributed by atoms with Crippen LogP contribution in [0.15, 0.2) is 36.4 Å². The van der Waals surface area contributed by atoms with Crippen molar-refractivity contribution in [2.24, 2.45) is 5.92 Å². The summed E-state index contributed by atoms with van der Waals surface area (Å²) in [4.78, 5) is 13.0. The monoisotopic (exact) mass is 415 g/mol. The van der Waals surface area contributed by atoms with Crippen LogP contribution in [0.2, 0.25) is 0 Å². The Morgan fingerprint density at radius 2 is 1.40 bits per heavy atom. The third kappa shape index (κ3) is 5.89. The second-order valence-corrected chi connectivity index (χ2v) is 7.35. The van der Waals surface area contributed by atoms with E-state index in [0.29, 0.717) is 23.0 Å². The molecule has 0 amide bonds. The van der Waals surface area contributed by atoms with E-state index in [1.807, 2.05) is 19.2 Å². The minimum Gasteiger partial charge on any atom is -0.493 e. The fourth-order valence-electron chi connectivity index (χ4n) is 3.56. The second kappa shape index (κ2) is 11.5. The minimum absolute atomic E-state index is 0.0526. The number of methoxy groups -OCH3 is 4. The van der Waals surface area contributed by atoms with Gasteiger partial charge in [-0.25, -0.2) is 0 Å². The van der Waals surface area contributed by atoms with Crippen LogP contribution in [0.1, 0.15) is 35.7 Å². The summed E-state index contributed by atoms with van der Waals surface area (Å²) in [7, 11) is 8.24. The molecule has 2 unspecified atom stereocenters. The van der Waals surface area contributed by atoms with E-state index < -0.39 is 0 Å². The highest BCUT2D eigenvalue weighted by atomic mass is 16.5. The van der Waals surface area contributed by atoms with Crippen molar-refractivity contribution in [3.05, 3.63) is 47.5 Å². The maximum absolute atomic E-state index is 13.0. The highest BCUT2D eigenvalue weighted by Crippen LogP contribution is 2.30. The Labute approximate surface area is 179 Å². The number of nitrogens with one attached hydrogen (secondary N) is 1. The lowest BCUT2D eigenvalue weighted by molar-refractivity contribution is 0.0938. The summed E-state index contributed by atoms with van der Waals surface area (Å²) in [6.45, 7) is 2.20. The van der Waals surface area contributed by atoms with E-state index in [-0.39, 0.29) is 11.8 Å². The van der Waals surface area contributed by atoms with Crippen molar-refractivity contribution < 1.29 is 23.7 Å². The predicted octanol–water partition coefficient (Wildman–Crippen LogP) is 4.15. The Morgan fingerprint density at radius 1 is 0.833 bits per heavy atom. The molecule has 2 aromatic carbocycles. The standard InChI is InChI=1S/C24H33NO5/c1-16(13-17-8-11-20(27-3)22(14-17)29-5)7-10-19(25-2)24(26)18-9-12-21(28-4)23(15-18)30-6/h8-9,11-12,14-16,19,25H,7,10,13H2,1-6H3. The summed E-state index contributed by atoms with van der Waals surface area (Å²) in [6.07, 6.45) is 2.57. The molecular weight excluding hydrogens is 382 g/mol. The molecule has 0 bridgehead atoms. The summed E-state index contributed by atoms with van der Waals surface area (Å²) in [5.74, 6) is 3.09. The number of hydrogen-bond acceptors (Lipinski definition) is 6. The van der Waals surface area contributed by atoms with Gasteiger partial charge in [-0.3, -0.25) is 4.79 Å². The van der Waals surface area contributed by atoms with E-state index in [9.17, 15) is 4.79 Å². The number of ketones is 1. The van der Waals surface area contributed by atoms with Gasteiger partial charge in [0.25, 0.3) is 0 Å². The topological polar surface area (TPSA) is 66.0 Å². The third-order valence-corrected chi connectivity index (χ3v) is 5.31. The summed E-state index contributed by atoms with van der Waals surface area (Å²) in [5.41, 5.74) is 1.80. The van der Waals surface area contributed by atoms with Crippen molar-refractivity contribution in [2.75, 3.05) is 35.5 Å². The van der Waals surface area contributed by atoms with Gasteiger partial charge < -0.3 is 24.3 Å². The molecular formula is C24H33NO5. The first-order valence-electron chi connectivity index (χ1n) is 10.1. The quantitative estimate of drug-likeness (QED) is 0.526. The molecule has 1 N–H and O–H groups in total. The van der Waals surface area contributed by atoms with Crippen LogP contribution < -0.4 is 24.3 Å². The summed E-state index contributed by atoms with van der Waals surface area (Å²) in [6, 6.07) is 11.0. The molecule has 2 rings (SSSR count). The Kier molecular flexibility index (Phi) is 8.99. The number of rotatable bonds is 12. The van der Waals surface area contributed by atoms with Crippen molar-refractivity contribution in [3.63, 3.8) is 0 Å². The minimum atomic E-state index is -0.254. The van der Waals surface area contributed by atoms with Gasteiger partial charge in [0.15, 0.2) is 28.8 Å². The average Bonchev–Trinajstić information content (AvgIpc) is 2.78. The zero-order valence-corrected chi connectivity index (χ0v) is 18.8. The van der Waals surface area contributed by atoms with E-state index in [2.05, 4.69) is 18.3 Å². The van der Waals surface area contributed by atoms with Crippen LogP contribution in [-0.4, -0.2) is 47.3 Å². The Morgan fingerprint density at radius 3 is 1.97 bits per heavy atom. The molecule has 0 aliphatic rings. The predicted molar refractivity (Wildman–Crippen MR) is 118 cm³/mol. The van der Waals surface area contributed by atoms with Crippen LogP contribution in [0, 0.1) is 5.92 Å². The molecule has 6 nitrogen and oxygen atoms in total. The van der Waals surface area contributed by atoms with Crippen LogP contribution in [0.25, 0.3) is 0 Å². The molecule has 2 aromatic rings. The highest BCUT2D eigenvalue weighted by molar-refractivity contribution is 6.00. The maximum Gasteiger partial charge on any atom is 0.179 e. The first-order valence-corrected chi connectivity index (χ1v) is 10.1. The maximum atomic E-state index is 13.0. The Hall–Kier alpha value is -2.73. The van der Waals surface area contributed by atoms with Crippen molar-refractivity contribution in [1.82, 2.24) is 5.32 Å². The van der Waals surface area contributed by atoms with Gasteiger partial charge in [0.05, 0.1) is 34.5 Å². The van der Waals surface area contributed by atoms with Gasteiger partial charge in [0, 0.05) is 5.56 Å². The number of benzene rings is 2. The lowest BCUT2D eigenvalue weighted by Gasteiger charge is -2.19. The van der Waals surface area contributed by atoms with Gasteiger partial charge in [0.1, 0.15) is 0 Å². The molecule has 2 atom stereocenters. The molecule has 30 heavy (non-hydrogen) atoms. The number of carbonyl (C=O) groups excluding carboxylic acids is 1. The van der Waals surface area contributed by atoms with Gasteiger partial charge in [-0.05, 0) is 68.1 Å². The molecule has 0 aromatic heterocycles. The van der Waals surface area contributed by atoms with Crippen LogP contribution in [0.4, 0.5) is 0 Å². The summed E-state index contributed by atoms with van der Waals surface area (Å²) >= 11 is 0. The summed E-state index contributed by atoms with van der Waals surface area (Å²) in [5, 5.41) is 3.16. The normalized spacial score (nSPS) is 12.7. The third-order valence-electron chi connectivity index (χ3n) is 5.31. The largest absolute Gasteiger partial charge is 0.493 e. The molecule has 0 spiro atoms. The summed E-state index contributed by atoms with van der Waals surface area (Å²) < 4.78 is 21.3. The molecule has 164 valence electrons. The van der Waals surface area contributed by atoms with Crippen LogP contribution in [0.3, 0.4) is 0 Å². The SMILES string of the molecule is CNC(CCC(C)Cc1ccc(OC)c(OC)c1)C(=O)c1ccc(OC)c(OC)c1. The van der Waals surface area contributed by atoms with Crippen molar-refractivity contribution >= 4 is 5.78 Å².